The number of carboxylic acids is 1. The van der Waals surface area contributed by atoms with Crippen molar-refractivity contribution in [1.82, 2.24) is 15.0 Å². The molecular weight excluding hydrogens is 278 g/mol. The van der Waals surface area contributed by atoms with E-state index < -0.39 is 5.97 Å². The first kappa shape index (κ1) is 14.5. The Labute approximate surface area is 122 Å². The SMILES string of the molecule is CCC(CC)n1nnc(C(=O)O)c1-c1ccc(Cl)cc1. The number of carboxylic acid groups (broad SMARTS) is 1. The molecule has 1 N–H and O–H groups in total. The molecule has 0 saturated heterocycles. The van der Waals surface area contributed by atoms with Gasteiger partial charge < -0.3 is 5.11 Å². The number of halogens is 1. The Morgan fingerprint density at radius 1 is 1.30 bits per heavy atom. The molecule has 0 unspecified atom stereocenters. The van der Waals surface area contributed by atoms with Crippen molar-refractivity contribution in [2.24, 2.45) is 0 Å². The average molecular weight is 294 g/mol. The van der Waals surface area contributed by atoms with E-state index in [0.29, 0.717) is 10.7 Å². The highest BCUT2D eigenvalue weighted by Gasteiger charge is 2.23. The van der Waals surface area contributed by atoms with Crippen LogP contribution < -0.4 is 0 Å². The van der Waals surface area contributed by atoms with E-state index in [2.05, 4.69) is 10.3 Å². The maximum absolute atomic E-state index is 11.3. The van der Waals surface area contributed by atoms with Crippen molar-refractivity contribution in [1.29, 1.82) is 0 Å². The molecule has 2 aromatic rings. The van der Waals surface area contributed by atoms with E-state index in [4.69, 9.17) is 11.6 Å². The second-order valence-corrected chi connectivity index (χ2v) is 4.95. The number of hydrogen-bond donors (Lipinski definition) is 1. The molecule has 2 rings (SSSR count). The molecule has 0 fully saturated rings. The second-order valence-electron chi connectivity index (χ2n) is 4.51. The molecule has 0 atom stereocenters. The van der Waals surface area contributed by atoms with Crippen molar-refractivity contribution in [3.63, 3.8) is 0 Å². The van der Waals surface area contributed by atoms with Crippen molar-refractivity contribution in [2.45, 2.75) is 32.7 Å². The minimum Gasteiger partial charge on any atom is -0.476 e. The summed E-state index contributed by atoms with van der Waals surface area (Å²) in [6.45, 7) is 4.09. The van der Waals surface area contributed by atoms with Gasteiger partial charge in [-0.1, -0.05) is 42.8 Å². The molecular formula is C14H16ClN3O2. The average Bonchev–Trinajstić information content (AvgIpc) is 2.86. The highest BCUT2D eigenvalue weighted by Crippen LogP contribution is 2.28. The van der Waals surface area contributed by atoms with Crippen molar-refractivity contribution in [2.75, 3.05) is 0 Å². The standard InChI is InChI=1S/C14H16ClN3O2/c1-3-11(4-2)18-13(12(14(19)20)16-17-18)9-5-7-10(15)8-6-9/h5-8,11H,3-4H2,1-2H3,(H,19,20). The topological polar surface area (TPSA) is 68.0 Å². The van der Waals surface area contributed by atoms with Crippen LogP contribution in [-0.2, 0) is 0 Å². The van der Waals surface area contributed by atoms with Crippen molar-refractivity contribution >= 4 is 17.6 Å². The highest BCUT2D eigenvalue weighted by molar-refractivity contribution is 6.30. The van der Waals surface area contributed by atoms with Gasteiger partial charge in [-0.2, -0.15) is 0 Å². The third kappa shape index (κ3) is 2.67. The molecule has 0 amide bonds. The lowest BCUT2D eigenvalue weighted by atomic mass is 10.1. The lowest BCUT2D eigenvalue weighted by molar-refractivity contribution is 0.0691. The van der Waals surface area contributed by atoms with Gasteiger partial charge >= 0.3 is 5.97 Å². The summed E-state index contributed by atoms with van der Waals surface area (Å²) in [5.41, 5.74) is 1.26. The first-order chi connectivity index (χ1) is 9.58. The quantitative estimate of drug-likeness (QED) is 0.913. The first-order valence-electron chi connectivity index (χ1n) is 6.52. The Kier molecular flexibility index (Phi) is 4.39. The van der Waals surface area contributed by atoms with Crippen LogP contribution >= 0.6 is 11.6 Å². The Balaban J connectivity index is 2.60. The van der Waals surface area contributed by atoms with Gasteiger partial charge in [-0.15, -0.1) is 5.10 Å². The van der Waals surface area contributed by atoms with Gasteiger partial charge in [0.25, 0.3) is 0 Å². The van der Waals surface area contributed by atoms with Crippen LogP contribution in [-0.4, -0.2) is 26.1 Å². The number of nitrogens with zero attached hydrogens (tertiary/aromatic N) is 3. The summed E-state index contributed by atoms with van der Waals surface area (Å²) in [6, 6.07) is 7.15. The molecule has 1 heterocycles. The van der Waals surface area contributed by atoms with Gasteiger partial charge in [-0.25, -0.2) is 9.48 Å². The van der Waals surface area contributed by atoms with Crippen LogP contribution in [0.2, 0.25) is 5.02 Å². The predicted molar refractivity (Wildman–Crippen MR) is 77.0 cm³/mol. The lowest BCUT2D eigenvalue weighted by Gasteiger charge is -2.16. The number of carbonyl (C=O) groups is 1. The summed E-state index contributed by atoms with van der Waals surface area (Å²) < 4.78 is 1.70. The Bertz CT molecular complexity index is 603. The highest BCUT2D eigenvalue weighted by atomic mass is 35.5. The van der Waals surface area contributed by atoms with E-state index in [1.165, 1.54) is 0 Å². The monoisotopic (exact) mass is 293 g/mol. The summed E-state index contributed by atoms with van der Waals surface area (Å²) in [4.78, 5) is 11.3. The molecule has 5 nitrogen and oxygen atoms in total. The van der Waals surface area contributed by atoms with E-state index >= 15 is 0 Å². The van der Waals surface area contributed by atoms with Crippen LogP contribution in [0.1, 0.15) is 43.2 Å². The molecule has 20 heavy (non-hydrogen) atoms. The molecule has 0 aliphatic heterocycles. The zero-order valence-electron chi connectivity index (χ0n) is 11.4. The fourth-order valence-corrected chi connectivity index (χ4v) is 2.33. The summed E-state index contributed by atoms with van der Waals surface area (Å²) in [5, 5.41) is 17.7. The number of rotatable bonds is 5. The number of hydrogen-bond acceptors (Lipinski definition) is 3. The smallest absolute Gasteiger partial charge is 0.358 e. The minimum atomic E-state index is -1.08. The lowest BCUT2D eigenvalue weighted by Crippen LogP contribution is -2.11. The number of aromatic nitrogens is 3. The maximum Gasteiger partial charge on any atom is 0.358 e. The van der Waals surface area contributed by atoms with E-state index in [9.17, 15) is 9.90 Å². The number of aromatic carboxylic acids is 1. The molecule has 106 valence electrons. The molecule has 6 heteroatoms. The third-order valence-electron chi connectivity index (χ3n) is 3.30. The van der Waals surface area contributed by atoms with Gasteiger partial charge in [0.1, 0.15) is 5.69 Å². The molecule has 0 radical (unpaired) electrons. The molecule has 1 aromatic heterocycles. The van der Waals surface area contributed by atoms with Crippen molar-refractivity contribution in [3.8, 4) is 11.3 Å². The summed E-state index contributed by atoms with van der Waals surface area (Å²) in [7, 11) is 0. The summed E-state index contributed by atoms with van der Waals surface area (Å²) in [5.74, 6) is -1.08. The van der Waals surface area contributed by atoms with Gasteiger partial charge in [0, 0.05) is 10.6 Å². The van der Waals surface area contributed by atoms with Crippen LogP contribution in [0, 0.1) is 0 Å². The van der Waals surface area contributed by atoms with Crippen LogP contribution in [0.5, 0.6) is 0 Å². The van der Waals surface area contributed by atoms with Gasteiger partial charge in [-0.3, -0.25) is 0 Å². The molecule has 0 bridgehead atoms. The van der Waals surface area contributed by atoms with Gasteiger partial charge in [0.2, 0.25) is 0 Å². The predicted octanol–water partition coefficient (Wildman–Crippen LogP) is 3.66. The fraction of sp³-hybridized carbons (Fsp3) is 0.357. The van der Waals surface area contributed by atoms with Crippen LogP contribution in [0.25, 0.3) is 11.3 Å². The zero-order chi connectivity index (χ0) is 14.7. The van der Waals surface area contributed by atoms with Crippen LogP contribution in [0.4, 0.5) is 0 Å². The molecule has 1 aromatic carbocycles. The van der Waals surface area contributed by atoms with Gasteiger partial charge in [0.05, 0.1) is 6.04 Å². The van der Waals surface area contributed by atoms with Crippen LogP contribution in [0.3, 0.4) is 0 Å². The largest absolute Gasteiger partial charge is 0.476 e. The summed E-state index contributed by atoms with van der Waals surface area (Å²) >= 11 is 5.88. The van der Waals surface area contributed by atoms with Gasteiger partial charge in [0.15, 0.2) is 5.69 Å². The van der Waals surface area contributed by atoms with E-state index in [1.807, 2.05) is 13.8 Å². The minimum absolute atomic E-state index is 0.0285. The normalized spacial score (nSPS) is 11.0. The Morgan fingerprint density at radius 3 is 2.40 bits per heavy atom. The Hall–Kier alpha value is -1.88. The molecule has 0 aliphatic rings. The molecule has 0 saturated carbocycles. The summed E-state index contributed by atoms with van der Waals surface area (Å²) in [6.07, 6.45) is 1.72. The van der Waals surface area contributed by atoms with Gasteiger partial charge in [-0.05, 0) is 25.0 Å². The van der Waals surface area contributed by atoms with Crippen molar-refractivity contribution in [3.05, 3.63) is 35.0 Å². The van der Waals surface area contributed by atoms with E-state index in [1.54, 1.807) is 28.9 Å². The maximum atomic E-state index is 11.3. The second kappa shape index (κ2) is 6.05. The van der Waals surface area contributed by atoms with E-state index in [-0.39, 0.29) is 11.7 Å². The number of benzene rings is 1. The zero-order valence-corrected chi connectivity index (χ0v) is 12.1. The molecule has 0 aliphatic carbocycles. The van der Waals surface area contributed by atoms with E-state index in [0.717, 1.165) is 18.4 Å². The molecule has 0 spiro atoms. The third-order valence-corrected chi connectivity index (χ3v) is 3.56. The van der Waals surface area contributed by atoms with Crippen LogP contribution in [0.15, 0.2) is 24.3 Å². The fourth-order valence-electron chi connectivity index (χ4n) is 2.20. The Morgan fingerprint density at radius 2 is 1.90 bits per heavy atom. The van der Waals surface area contributed by atoms with Crippen molar-refractivity contribution < 1.29 is 9.90 Å². The first-order valence-corrected chi connectivity index (χ1v) is 6.90.